The second kappa shape index (κ2) is 9.46. The molecule has 1 fully saturated rings. The summed E-state index contributed by atoms with van der Waals surface area (Å²) in [6, 6.07) is 10.2. The minimum absolute atomic E-state index is 0.00667. The molecule has 0 spiro atoms. The van der Waals surface area contributed by atoms with Crippen molar-refractivity contribution >= 4 is 21.6 Å². The van der Waals surface area contributed by atoms with E-state index in [-0.39, 0.29) is 36.1 Å². The van der Waals surface area contributed by atoms with Crippen molar-refractivity contribution in [1.29, 1.82) is 0 Å². The van der Waals surface area contributed by atoms with E-state index in [4.69, 9.17) is 14.2 Å². The van der Waals surface area contributed by atoms with Gasteiger partial charge in [-0.1, -0.05) is 12.1 Å². The second-order valence-electron chi connectivity index (χ2n) is 6.93. The number of sulfonamides is 1. The Morgan fingerprint density at radius 3 is 2.40 bits per heavy atom. The third-order valence-corrected chi connectivity index (χ3v) is 6.73. The zero-order valence-electron chi connectivity index (χ0n) is 17.3. The lowest BCUT2D eigenvalue weighted by Gasteiger charge is -2.26. The summed E-state index contributed by atoms with van der Waals surface area (Å²) in [5.41, 5.74) is 2.11. The minimum atomic E-state index is -3.76. The lowest BCUT2D eigenvalue weighted by molar-refractivity contribution is -0.115. The average molecular weight is 435 g/mol. The predicted molar refractivity (Wildman–Crippen MR) is 113 cm³/mol. The van der Waals surface area contributed by atoms with Crippen molar-refractivity contribution in [3.8, 4) is 11.5 Å². The Labute approximate surface area is 176 Å². The van der Waals surface area contributed by atoms with Gasteiger partial charge in [0.2, 0.25) is 15.9 Å². The van der Waals surface area contributed by atoms with Gasteiger partial charge in [-0.2, -0.15) is 4.31 Å². The number of amides is 1. The van der Waals surface area contributed by atoms with E-state index in [9.17, 15) is 13.2 Å². The van der Waals surface area contributed by atoms with Crippen molar-refractivity contribution in [1.82, 2.24) is 4.31 Å². The highest BCUT2D eigenvalue weighted by molar-refractivity contribution is 7.89. The minimum Gasteiger partial charge on any atom is -0.495 e. The summed E-state index contributed by atoms with van der Waals surface area (Å²) >= 11 is 0. The topological polar surface area (TPSA) is 94.2 Å². The van der Waals surface area contributed by atoms with E-state index in [1.165, 1.54) is 24.6 Å². The fourth-order valence-electron chi connectivity index (χ4n) is 3.26. The second-order valence-corrected chi connectivity index (χ2v) is 8.84. The van der Waals surface area contributed by atoms with Crippen LogP contribution < -0.4 is 14.8 Å². The molecule has 1 aliphatic heterocycles. The van der Waals surface area contributed by atoms with Crippen LogP contribution in [0.2, 0.25) is 0 Å². The molecule has 1 amide bonds. The number of anilines is 1. The van der Waals surface area contributed by atoms with E-state index in [0.717, 1.165) is 5.56 Å². The van der Waals surface area contributed by atoms with E-state index >= 15 is 0 Å². The summed E-state index contributed by atoms with van der Waals surface area (Å²) in [6.07, 6.45) is 0.00667. The first-order valence-corrected chi connectivity index (χ1v) is 11.0. The number of rotatable bonds is 7. The third kappa shape index (κ3) is 4.92. The van der Waals surface area contributed by atoms with Gasteiger partial charge in [-0.15, -0.1) is 0 Å². The highest BCUT2D eigenvalue weighted by Gasteiger charge is 2.29. The van der Waals surface area contributed by atoms with Gasteiger partial charge in [-0.05, 0) is 42.3 Å². The summed E-state index contributed by atoms with van der Waals surface area (Å²) in [6.45, 7) is 3.18. The van der Waals surface area contributed by atoms with Crippen LogP contribution in [0.1, 0.15) is 11.1 Å². The molecule has 0 radical (unpaired) electrons. The summed E-state index contributed by atoms with van der Waals surface area (Å²) < 4.78 is 43.4. The van der Waals surface area contributed by atoms with Crippen molar-refractivity contribution in [2.45, 2.75) is 18.2 Å². The number of benzene rings is 2. The maximum absolute atomic E-state index is 13.1. The number of hydrogen-bond donors (Lipinski definition) is 1. The number of carbonyl (C=O) groups is 1. The van der Waals surface area contributed by atoms with Gasteiger partial charge < -0.3 is 19.5 Å². The Morgan fingerprint density at radius 1 is 1.07 bits per heavy atom. The fraction of sp³-hybridized carbons (Fsp3) is 0.381. The van der Waals surface area contributed by atoms with E-state index in [0.29, 0.717) is 30.2 Å². The molecule has 0 bridgehead atoms. The van der Waals surface area contributed by atoms with Crippen LogP contribution in [-0.2, 0) is 26.0 Å². The number of nitrogens with zero attached hydrogens (tertiary/aromatic N) is 1. The Hall–Kier alpha value is -2.62. The lowest BCUT2D eigenvalue weighted by Crippen LogP contribution is -2.40. The molecule has 1 saturated heterocycles. The van der Waals surface area contributed by atoms with Crippen molar-refractivity contribution in [3.05, 3.63) is 47.5 Å². The molecule has 9 heteroatoms. The van der Waals surface area contributed by atoms with Crippen molar-refractivity contribution in [2.75, 3.05) is 45.8 Å². The van der Waals surface area contributed by atoms with Gasteiger partial charge in [0, 0.05) is 13.1 Å². The van der Waals surface area contributed by atoms with Gasteiger partial charge in [0.05, 0.1) is 39.5 Å². The monoisotopic (exact) mass is 434 g/mol. The van der Waals surface area contributed by atoms with Gasteiger partial charge in [-0.3, -0.25) is 4.79 Å². The molecule has 2 aromatic rings. The van der Waals surface area contributed by atoms with Gasteiger partial charge in [0.15, 0.2) is 0 Å². The van der Waals surface area contributed by atoms with Crippen LogP contribution in [0.25, 0.3) is 0 Å². The van der Waals surface area contributed by atoms with Crippen LogP contribution in [-0.4, -0.2) is 59.2 Å². The number of hydrogen-bond acceptors (Lipinski definition) is 6. The summed E-state index contributed by atoms with van der Waals surface area (Å²) in [7, 11) is -0.807. The predicted octanol–water partition coefficient (Wildman–Crippen LogP) is 2.21. The number of morpholine rings is 1. The summed E-state index contributed by atoms with van der Waals surface area (Å²) in [5.74, 6) is 0.518. The normalized spacial score (nSPS) is 14.9. The zero-order chi connectivity index (χ0) is 21.7. The van der Waals surface area contributed by atoms with E-state index < -0.39 is 10.0 Å². The Morgan fingerprint density at radius 2 is 1.73 bits per heavy atom. The molecular formula is C21H26N2O6S. The van der Waals surface area contributed by atoms with Crippen LogP contribution in [0.5, 0.6) is 11.5 Å². The van der Waals surface area contributed by atoms with Gasteiger partial charge >= 0.3 is 0 Å². The third-order valence-electron chi connectivity index (χ3n) is 4.81. The Balaban J connectivity index is 1.83. The molecule has 8 nitrogen and oxygen atoms in total. The van der Waals surface area contributed by atoms with Crippen LogP contribution in [0.4, 0.5) is 5.69 Å². The lowest BCUT2D eigenvalue weighted by atomic mass is 10.1. The van der Waals surface area contributed by atoms with Crippen molar-refractivity contribution < 1.29 is 27.4 Å². The first-order chi connectivity index (χ1) is 14.3. The number of nitrogens with one attached hydrogen (secondary N) is 1. The van der Waals surface area contributed by atoms with E-state index in [1.54, 1.807) is 18.2 Å². The van der Waals surface area contributed by atoms with Crippen LogP contribution in [0, 0.1) is 6.92 Å². The Kier molecular flexibility index (Phi) is 6.96. The maximum atomic E-state index is 13.1. The van der Waals surface area contributed by atoms with Gasteiger partial charge in [0.1, 0.15) is 16.4 Å². The summed E-state index contributed by atoms with van der Waals surface area (Å²) in [4.78, 5) is 12.7. The molecule has 1 heterocycles. The molecule has 2 aromatic carbocycles. The molecule has 30 heavy (non-hydrogen) atoms. The first-order valence-electron chi connectivity index (χ1n) is 9.54. The van der Waals surface area contributed by atoms with Gasteiger partial charge in [0.25, 0.3) is 0 Å². The highest BCUT2D eigenvalue weighted by Crippen LogP contribution is 2.29. The summed E-state index contributed by atoms with van der Waals surface area (Å²) in [5, 5.41) is 2.83. The number of aryl methyl sites for hydroxylation is 1. The Bertz CT molecular complexity index is 1020. The molecule has 0 aromatic heterocycles. The fourth-order valence-corrected chi connectivity index (χ4v) is 4.87. The van der Waals surface area contributed by atoms with Crippen LogP contribution >= 0.6 is 0 Å². The number of carbonyl (C=O) groups excluding carboxylic acids is 1. The molecule has 3 rings (SSSR count). The molecule has 0 unspecified atom stereocenters. The van der Waals surface area contributed by atoms with E-state index in [1.807, 2.05) is 19.1 Å². The molecule has 162 valence electrons. The zero-order valence-corrected chi connectivity index (χ0v) is 18.1. The molecule has 0 aliphatic carbocycles. The first kappa shape index (κ1) is 22.1. The highest BCUT2D eigenvalue weighted by atomic mass is 32.2. The van der Waals surface area contributed by atoms with Crippen molar-refractivity contribution in [3.63, 3.8) is 0 Å². The van der Waals surface area contributed by atoms with E-state index in [2.05, 4.69) is 5.32 Å². The largest absolute Gasteiger partial charge is 0.495 e. The molecule has 0 saturated carbocycles. The smallest absolute Gasteiger partial charge is 0.246 e. The van der Waals surface area contributed by atoms with Crippen LogP contribution in [0.3, 0.4) is 0 Å². The molecular weight excluding hydrogens is 408 g/mol. The van der Waals surface area contributed by atoms with Gasteiger partial charge in [-0.25, -0.2) is 8.42 Å². The average Bonchev–Trinajstić information content (AvgIpc) is 2.74. The SMILES string of the molecule is COc1ccc(C)cc1NC(=O)Cc1ccc(OC)c(S(=O)(=O)N2CCOCC2)c1. The maximum Gasteiger partial charge on any atom is 0.246 e. The molecule has 1 N–H and O–H groups in total. The number of ether oxygens (including phenoxy) is 3. The quantitative estimate of drug-likeness (QED) is 0.718. The standard InChI is InChI=1S/C21H26N2O6S/c1-15-4-6-18(27-2)17(12-15)22-21(24)14-16-5-7-19(28-3)20(13-16)30(25,26)23-8-10-29-11-9-23/h4-7,12-13H,8-11,14H2,1-3H3,(H,22,24). The number of methoxy groups -OCH3 is 2. The molecule has 1 aliphatic rings. The van der Waals surface area contributed by atoms with Crippen molar-refractivity contribution in [2.24, 2.45) is 0 Å². The van der Waals surface area contributed by atoms with Crippen LogP contribution in [0.15, 0.2) is 41.3 Å². The molecule has 0 atom stereocenters.